The highest BCUT2D eigenvalue weighted by molar-refractivity contribution is 7.99. The molecule has 0 N–H and O–H groups in total. The van der Waals surface area contributed by atoms with E-state index in [1.807, 2.05) is 6.92 Å². The number of benzene rings is 1. The third-order valence-corrected chi connectivity index (χ3v) is 5.19. The van der Waals surface area contributed by atoms with Crippen molar-refractivity contribution in [3.05, 3.63) is 29.8 Å². The van der Waals surface area contributed by atoms with Crippen molar-refractivity contribution in [2.24, 2.45) is 0 Å². The van der Waals surface area contributed by atoms with E-state index in [1.165, 1.54) is 17.1 Å². The van der Waals surface area contributed by atoms with E-state index in [4.69, 9.17) is 4.74 Å². The zero-order chi connectivity index (χ0) is 16.9. The summed E-state index contributed by atoms with van der Waals surface area (Å²) in [6, 6.07) is 8.54. The fourth-order valence-electron chi connectivity index (χ4n) is 2.04. The number of nitrogens with zero attached hydrogens (tertiary/aromatic N) is 2. The lowest BCUT2D eigenvalue weighted by Crippen LogP contribution is -2.10. The van der Waals surface area contributed by atoms with E-state index in [1.54, 1.807) is 11.8 Å². The lowest BCUT2D eigenvalue weighted by atomic mass is 9.87. The molecule has 0 bridgehead atoms. The van der Waals surface area contributed by atoms with Crippen molar-refractivity contribution in [2.45, 2.75) is 44.6 Å². The van der Waals surface area contributed by atoms with Gasteiger partial charge >= 0.3 is 5.97 Å². The molecule has 4 nitrogen and oxygen atoms in total. The smallest absolute Gasteiger partial charge is 0.306 e. The molecular formula is C17H22N2O2S2. The zero-order valence-corrected chi connectivity index (χ0v) is 15.6. The molecule has 0 saturated carbocycles. The highest BCUT2D eigenvalue weighted by Crippen LogP contribution is 2.34. The van der Waals surface area contributed by atoms with Crippen LogP contribution >= 0.6 is 23.3 Å². The lowest BCUT2D eigenvalue weighted by Gasteiger charge is -2.19. The summed E-state index contributed by atoms with van der Waals surface area (Å²) in [4.78, 5) is 12.4. The Morgan fingerprint density at radius 3 is 2.57 bits per heavy atom. The van der Waals surface area contributed by atoms with Crippen molar-refractivity contribution in [3.8, 4) is 10.4 Å². The second kappa shape index (κ2) is 7.93. The summed E-state index contributed by atoms with van der Waals surface area (Å²) in [5, 5.41) is 5.06. The van der Waals surface area contributed by atoms with Crippen molar-refractivity contribution in [1.82, 2.24) is 9.59 Å². The van der Waals surface area contributed by atoms with E-state index >= 15 is 0 Å². The van der Waals surface area contributed by atoms with Crippen molar-refractivity contribution >= 4 is 29.3 Å². The molecule has 0 fully saturated rings. The predicted molar refractivity (Wildman–Crippen MR) is 96.0 cm³/mol. The maximum absolute atomic E-state index is 11.4. The van der Waals surface area contributed by atoms with Crippen LogP contribution in [0.5, 0.6) is 0 Å². The van der Waals surface area contributed by atoms with Gasteiger partial charge in [0.05, 0.1) is 17.9 Å². The first-order chi connectivity index (χ1) is 10.9. The normalized spacial score (nSPS) is 11.5. The Morgan fingerprint density at radius 2 is 1.96 bits per heavy atom. The first-order valence-corrected chi connectivity index (χ1v) is 9.39. The number of carbonyl (C=O) groups is 1. The van der Waals surface area contributed by atoms with Crippen LogP contribution in [0.2, 0.25) is 0 Å². The number of esters is 1. The van der Waals surface area contributed by atoms with Crippen LogP contribution < -0.4 is 0 Å². The number of hydrogen-bond acceptors (Lipinski definition) is 6. The fraction of sp³-hybridized carbons (Fsp3) is 0.471. The molecule has 2 aromatic rings. The highest BCUT2D eigenvalue weighted by Gasteiger charge is 2.15. The van der Waals surface area contributed by atoms with Gasteiger partial charge in [-0.2, -0.15) is 0 Å². The molecule has 23 heavy (non-hydrogen) atoms. The second-order valence-electron chi connectivity index (χ2n) is 6.14. The number of rotatable bonds is 6. The van der Waals surface area contributed by atoms with Gasteiger partial charge in [0.2, 0.25) is 0 Å². The van der Waals surface area contributed by atoms with Gasteiger partial charge in [-0.25, -0.2) is 0 Å². The van der Waals surface area contributed by atoms with Crippen LogP contribution in [0.4, 0.5) is 0 Å². The first-order valence-electron chi connectivity index (χ1n) is 7.63. The largest absolute Gasteiger partial charge is 0.466 e. The van der Waals surface area contributed by atoms with Gasteiger partial charge in [0.1, 0.15) is 5.03 Å². The maximum atomic E-state index is 11.4. The topological polar surface area (TPSA) is 52.1 Å². The summed E-state index contributed by atoms with van der Waals surface area (Å²) in [5.41, 5.74) is 2.56. The Bertz CT molecular complexity index is 645. The van der Waals surface area contributed by atoms with E-state index in [-0.39, 0.29) is 11.4 Å². The van der Waals surface area contributed by atoms with Gasteiger partial charge in [-0.15, -0.1) is 16.9 Å². The number of aromatic nitrogens is 2. The number of thioether (sulfide) groups is 1. The van der Waals surface area contributed by atoms with Gasteiger partial charge in [0, 0.05) is 5.75 Å². The molecular weight excluding hydrogens is 328 g/mol. The monoisotopic (exact) mass is 350 g/mol. The first kappa shape index (κ1) is 17.9. The molecule has 1 heterocycles. The second-order valence-corrected chi connectivity index (χ2v) is 7.98. The number of ether oxygens (including phenoxy) is 1. The molecule has 0 amide bonds. The quantitative estimate of drug-likeness (QED) is 0.565. The molecule has 124 valence electrons. The fourth-order valence-corrected chi connectivity index (χ4v) is 3.75. The molecule has 0 aliphatic heterocycles. The van der Waals surface area contributed by atoms with Crippen LogP contribution in [-0.4, -0.2) is 27.9 Å². The van der Waals surface area contributed by atoms with E-state index in [9.17, 15) is 4.79 Å². The zero-order valence-electron chi connectivity index (χ0n) is 14.0. The highest BCUT2D eigenvalue weighted by atomic mass is 32.2. The molecule has 0 unspecified atom stereocenters. The molecule has 0 saturated heterocycles. The third kappa shape index (κ3) is 5.04. The maximum Gasteiger partial charge on any atom is 0.306 e. The average molecular weight is 351 g/mol. The Hall–Kier alpha value is -1.40. The minimum atomic E-state index is -0.167. The molecule has 0 spiro atoms. The van der Waals surface area contributed by atoms with Gasteiger partial charge in [0.25, 0.3) is 0 Å². The van der Waals surface area contributed by atoms with Gasteiger partial charge in [-0.05, 0) is 35.0 Å². The molecule has 1 aromatic carbocycles. The summed E-state index contributed by atoms with van der Waals surface area (Å²) in [5.74, 6) is 0.483. The predicted octanol–water partition coefficient (Wildman–Crippen LogP) is 4.55. The Kier molecular flexibility index (Phi) is 6.18. The number of hydrogen-bond donors (Lipinski definition) is 0. The summed E-state index contributed by atoms with van der Waals surface area (Å²) >= 11 is 2.94. The number of carbonyl (C=O) groups excluding carboxylic acids is 1. The van der Waals surface area contributed by atoms with Crippen molar-refractivity contribution < 1.29 is 9.53 Å². The Balaban J connectivity index is 2.04. The summed E-state index contributed by atoms with van der Waals surface area (Å²) in [6.45, 7) is 8.84. The summed E-state index contributed by atoms with van der Waals surface area (Å²) in [6.07, 6.45) is 0.387. The average Bonchev–Trinajstić information content (AvgIpc) is 2.95. The molecule has 0 radical (unpaired) electrons. The van der Waals surface area contributed by atoms with Crippen LogP contribution in [-0.2, 0) is 14.9 Å². The lowest BCUT2D eigenvalue weighted by molar-refractivity contribution is -0.142. The Labute approximate surface area is 145 Å². The minimum absolute atomic E-state index is 0.141. The van der Waals surface area contributed by atoms with Crippen LogP contribution in [0, 0.1) is 0 Å². The van der Waals surface area contributed by atoms with Gasteiger partial charge in [-0.3, -0.25) is 4.79 Å². The molecule has 1 aromatic heterocycles. The van der Waals surface area contributed by atoms with E-state index in [0.717, 1.165) is 15.5 Å². The van der Waals surface area contributed by atoms with Crippen molar-refractivity contribution in [2.75, 3.05) is 12.4 Å². The standard InChI is InChI=1S/C17H22N2O2S2/c1-5-21-14(20)10-11-22-16-15(23-19-18-16)12-6-8-13(9-7-12)17(2,3)4/h6-9H,5,10-11H2,1-4H3. The van der Waals surface area contributed by atoms with Crippen LogP contribution in [0.1, 0.15) is 39.7 Å². The van der Waals surface area contributed by atoms with Gasteiger partial charge < -0.3 is 4.74 Å². The molecule has 0 atom stereocenters. The molecule has 6 heteroatoms. The van der Waals surface area contributed by atoms with Gasteiger partial charge in [-0.1, -0.05) is 49.5 Å². The van der Waals surface area contributed by atoms with Crippen LogP contribution in [0.15, 0.2) is 29.3 Å². The van der Waals surface area contributed by atoms with Crippen molar-refractivity contribution in [3.63, 3.8) is 0 Å². The van der Waals surface area contributed by atoms with E-state index < -0.39 is 0 Å². The minimum Gasteiger partial charge on any atom is -0.466 e. The van der Waals surface area contributed by atoms with Crippen molar-refractivity contribution in [1.29, 1.82) is 0 Å². The molecule has 0 aliphatic carbocycles. The summed E-state index contributed by atoms with van der Waals surface area (Å²) < 4.78 is 8.99. The van der Waals surface area contributed by atoms with Crippen LogP contribution in [0.25, 0.3) is 10.4 Å². The summed E-state index contributed by atoms with van der Waals surface area (Å²) in [7, 11) is 0. The van der Waals surface area contributed by atoms with Crippen LogP contribution in [0.3, 0.4) is 0 Å². The molecule has 2 rings (SSSR count). The Morgan fingerprint density at radius 1 is 1.26 bits per heavy atom. The SMILES string of the molecule is CCOC(=O)CCSc1nnsc1-c1ccc(C(C)(C)C)cc1. The molecule has 0 aliphatic rings. The van der Waals surface area contributed by atoms with E-state index in [2.05, 4.69) is 54.6 Å². The van der Waals surface area contributed by atoms with Gasteiger partial charge in [0.15, 0.2) is 0 Å². The van der Waals surface area contributed by atoms with E-state index in [0.29, 0.717) is 18.8 Å². The third-order valence-electron chi connectivity index (χ3n) is 3.32.